The lowest BCUT2D eigenvalue weighted by molar-refractivity contribution is -0.458. The number of nitrogens with zero attached hydrogens (tertiary/aromatic N) is 1. The summed E-state index contributed by atoms with van der Waals surface area (Å²) in [4.78, 5) is 0. The van der Waals surface area contributed by atoms with Crippen LogP contribution in [0.5, 0.6) is 0 Å². The summed E-state index contributed by atoms with van der Waals surface area (Å²) in [6, 6.07) is 0. The summed E-state index contributed by atoms with van der Waals surface area (Å²) in [5.74, 6) is -52.2. The average Bonchev–Trinajstić information content (AvgIpc) is 2.59. The third kappa shape index (κ3) is 3.97. The highest BCUT2D eigenvalue weighted by Crippen LogP contribution is 2.64. The van der Waals surface area contributed by atoms with Crippen LogP contribution in [0.15, 0.2) is 0 Å². The monoisotopic (exact) mass is 559 g/mol. The maximum atomic E-state index is 13.5. The van der Waals surface area contributed by atoms with Gasteiger partial charge in [0.05, 0.1) is 0 Å². The smallest absolute Gasteiger partial charge is 0.203 e. The molecule has 0 aliphatic carbocycles. The molecule has 0 amide bonds. The van der Waals surface area contributed by atoms with Crippen molar-refractivity contribution in [1.82, 2.24) is 4.53 Å². The van der Waals surface area contributed by atoms with E-state index in [9.17, 15) is 87.5 Å². The van der Waals surface area contributed by atoms with Gasteiger partial charge >= 0.3 is 57.0 Å². The molecule has 0 unspecified atom stereocenters. The number of alkyl halides is 17. The van der Waals surface area contributed by atoms with Gasteiger partial charge in [-0.1, -0.05) is 6.92 Å². The largest absolute Gasteiger partial charge is 0.460 e. The summed E-state index contributed by atoms with van der Waals surface area (Å²) in [6.45, 7) is -1.12. The van der Waals surface area contributed by atoms with Crippen LogP contribution in [0.4, 0.5) is 79.1 Å². The first-order chi connectivity index (χ1) is 14.0. The van der Waals surface area contributed by atoms with E-state index in [0.29, 0.717) is 0 Å². The maximum absolute atomic E-state index is 13.5. The van der Waals surface area contributed by atoms with Crippen molar-refractivity contribution in [3.8, 4) is 0 Å². The van der Waals surface area contributed by atoms with Crippen LogP contribution in [0.1, 0.15) is 13.3 Å². The lowest BCUT2D eigenvalue weighted by Gasteiger charge is -2.42. The zero-order valence-corrected chi connectivity index (χ0v) is 15.7. The molecule has 0 rings (SSSR count). The summed E-state index contributed by atoms with van der Waals surface area (Å²) in [7, 11) is -7.82. The quantitative estimate of drug-likeness (QED) is 0.248. The molecule has 0 aromatic rings. The molecule has 3 nitrogen and oxygen atoms in total. The predicted molar refractivity (Wildman–Crippen MR) is 67.7 cm³/mol. The van der Waals surface area contributed by atoms with E-state index in [1.807, 2.05) is 0 Å². The topological polar surface area (TPSA) is 37.4 Å². The third-order valence-electron chi connectivity index (χ3n) is 3.68. The summed E-state index contributed by atoms with van der Waals surface area (Å²) >= 11 is 0. The molecule has 200 valence electrons. The highest BCUT2D eigenvalue weighted by molar-refractivity contribution is 7.90. The molecule has 33 heavy (non-hydrogen) atoms. The molecule has 0 aromatic heterocycles. The molecule has 0 aliphatic rings. The molecular formula is C11H7F18NO2S. The Kier molecular flexibility index (Phi) is 7.78. The molecule has 0 saturated carbocycles. The molecule has 0 spiro atoms. The van der Waals surface area contributed by atoms with Crippen LogP contribution in [0.2, 0.25) is 0 Å². The lowest BCUT2D eigenvalue weighted by atomic mass is 9.91. The zero-order valence-electron chi connectivity index (χ0n) is 14.9. The fourth-order valence-electron chi connectivity index (χ4n) is 1.73. The van der Waals surface area contributed by atoms with Crippen molar-refractivity contribution in [2.45, 2.75) is 60.3 Å². The number of halogens is 18. The molecule has 0 N–H and O–H groups in total. The van der Waals surface area contributed by atoms with Crippen LogP contribution in [0, 0.1) is 0 Å². The normalized spacial score (nSPS) is 16.5. The fraction of sp³-hybridized carbons (Fsp3) is 1.00. The predicted octanol–water partition coefficient (Wildman–Crippen LogP) is 5.88. The second-order valence-corrected chi connectivity index (χ2v) is 7.84. The van der Waals surface area contributed by atoms with E-state index in [-0.39, 0.29) is 0 Å². The van der Waals surface area contributed by atoms with E-state index >= 15 is 0 Å². The molecular weight excluding hydrogens is 552 g/mol. The first-order valence-corrected chi connectivity index (χ1v) is 8.82. The lowest BCUT2D eigenvalue weighted by Crippen LogP contribution is -2.75. The Bertz CT molecular complexity index is 816. The van der Waals surface area contributed by atoms with E-state index in [0.717, 1.165) is 6.92 Å². The first-order valence-electron chi connectivity index (χ1n) is 7.38. The first kappa shape index (κ1) is 31.6. The maximum Gasteiger partial charge on any atom is 0.460 e. The molecule has 0 bridgehead atoms. The molecule has 0 fully saturated rings. The van der Waals surface area contributed by atoms with Gasteiger partial charge in [-0.15, -0.1) is 4.48 Å². The van der Waals surface area contributed by atoms with Crippen LogP contribution in [-0.2, 0) is 10.0 Å². The van der Waals surface area contributed by atoms with Crippen molar-refractivity contribution >= 4 is 10.0 Å². The third-order valence-corrected chi connectivity index (χ3v) is 5.29. The van der Waals surface area contributed by atoms with Gasteiger partial charge < -0.3 is 0 Å². The second-order valence-electron chi connectivity index (χ2n) is 5.98. The second kappa shape index (κ2) is 8.11. The van der Waals surface area contributed by atoms with Crippen LogP contribution >= 0.6 is 0 Å². The van der Waals surface area contributed by atoms with Crippen LogP contribution in [0.3, 0.4) is 0 Å². The van der Waals surface area contributed by atoms with Crippen molar-refractivity contribution in [3.63, 3.8) is 0 Å². The van der Waals surface area contributed by atoms with E-state index in [1.165, 1.54) is 0 Å². The Balaban J connectivity index is 6.96. The molecule has 0 radical (unpaired) electrons. The van der Waals surface area contributed by atoms with Crippen LogP contribution in [0.25, 0.3) is 0 Å². The van der Waals surface area contributed by atoms with Crippen molar-refractivity contribution in [1.29, 1.82) is 0 Å². The number of hydrogen-bond acceptors (Lipinski definition) is 2. The van der Waals surface area contributed by atoms with Crippen molar-refractivity contribution < 1.29 is 87.5 Å². The SMILES string of the molecule is CCCN(F)S(=O)(=O)C(F)(F)C(F)(F)C(F)(F)C(F)(F)C(F)(F)C(F)(F)C(F)(F)C(F)(F)F. The minimum absolute atomic E-state index is 0.741. The Morgan fingerprint density at radius 2 is 0.818 bits per heavy atom. The molecule has 0 atom stereocenters. The summed E-state index contributed by atoms with van der Waals surface area (Å²) in [5.41, 5.74) is 0. The van der Waals surface area contributed by atoms with E-state index in [4.69, 9.17) is 0 Å². The van der Waals surface area contributed by atoms with Gasteiger partial charge in [-0.2, -0.15) is 74.6 Å². The number of rotatable bonds is 10. The fourth-order valence-corrected chi connectivity index (χ4v) is 2.86. The van der Waals surface area contributed by atoms with E-state index in [2.05, 4.69) is 0 Å². The highest BCUT2D eigenvalue weighted by atomic mass is 32.2. The van der Waals surface area contributed by atoms with Gasteiger partial charge in [0.2, 0.25) is 0 Å². The Hall–Kier alpha value is -1.35. The molecule has 22 heteroatoms. The summed E-state index contributed by atoms with van der Waals surface area (Å²) in [6.07, 6.45) is -8.79. The molecule has 0 heterocycles. The van der Waals surface area contributed by atoms with Gasteiger partial charge in [0.1, 0.15) is 0 Å². The van der Waals surface area contributed by atoms with Gasteiger partial charge in [-0.3, -0.25) is 0 Å². The van der Waals surface area contributed by atoms with Crippen LogP contribution in [-0.4, -0.2) is 66.5 Å². The van der Waals surface area contributed by atoms with Gasteiger partial charge in [0.15, 0.2) is 0 Å². The standard InChI is InChI=1S/C11H7F18NO2S/c1-2-3-30(29)33(31,32)11(27,28)9(22,23)7(18,19)5(14,15)4(12,13)6(16,17)8(20,21)10(24,25)26/h2-3H2,1H3. The average molecular weight is 559 g/mol. The highest BCUT2D eigenvalue weighted by Gasteiger charge is 2.96. The Morgan fingerprint density at radius 3 is 1.09 bits per heavy atom. The van der Waals surface area contributed by atoms with Gasteiger partial charge in [-0.05, 0) is 10.9 Å². The Morgan fingerprint density at radius 1 is 0.545 bits per heavy atom. The molecule has 0 saturated heterocycles. The Labute approximate surface area is 170 Å². The molecule has 0 aliphatic heterocycles. The van der Waals surface area contributed by atoms with Crippen molar-refractivity contribution in [2.75, 3.05) is 6.54 Å². The molecule has 0 aromatic carbocycles. The zero-order chi connectivity index (χ0) is 27.5. The minimum atomic E-state index is -8.94. The van der Waals surface area contributed by atoms with Gasteiger partial charge in [0, 0.05) is 6.54 Å². The minimum Gasteiger partial charge on any atom is -0.203 e. The van der Waals surface area contributed by atoms with E-state index < -0.39 is 74.5 Å². The van der Waals surface area contributed by atoms with Gasteiger partial charge in [-0.25, -0.2) is 8.42 Å². The van der Waals surface area contributed by atoms with Crippen molar-refractivity contribution in [2.24, 2.45) is 0 Å². The number of sulfonamides is 1. The van der Waals surface area contributed by atoms with E-state index in [1.54, 1.807) is 0 Å². The van der Waals surface area contributed by atoms with Gasteiger partial charge in [0.25, 0.3) is 0 Å². The summed E-state index contributed by atoms with van der Waals surface area (Å²) < 4.78 is 254. The summed E-state index contributed by atoms with van der Waals surface area (Å²) in [5, 5.41) is -7.87. The van der Waals surface area contributed by atoms with Crippen LogP contribution < -0.4 is 0 Å². The number of hydrogen-bond donors (Lipinski definition) is 0. The van der Waals surface area contributed by atoms with Crippen molar-refractivity contribution in [3.05, 3.63) is 0 Å².